The third-order valence-electron chi connectivity index (χ3n) is 2.52. The van der Waals surface area contributed by atoms with Crippen molar-refractivity contribution in [2.45, 2.75) is 19.8 Å². The Morgan fingerprint density at radius 2 is 2.00 bits per heavy atom. The summed E-state index contributed by atoms with van der Waals surface area (Å²) in [6.07, 6.45) is 1.51. The molecule has 1 heterocycles. The van der Waals surface area contributed by atoms with Gasteiger partial charge in [-0.05, 0) is 39.5 Å². The van der Waals surface area contributed by atoms with Crippen LogP contribution in [0.15, 0.2) is 41.0 Å². The lowest BCUT2D eigenvalue weighted by Gasteiger charge is -2.13. The number of rotatable bonds is 3. The maximum atomic E-state index is 13.7. The van der Waals surface area contributed by atoms with E-state index in [4.69, 9.17) is 4.74 Å². The second-order valence-corrected chi connectivity index (χ2v) is 5.15. The van der Waals surface area contributed by atoms with E-state index in [0.717, 1.165) is 5.56 Å². The van der Waals surface area contributed by atoms with Crippen LogP contribution in [0.1, 0.15) is 25.3 Å². The molecule has 0 spiro atoms. The molecule has 0 saturated carbocycles. The van der Waals surface area contributed by atoms with Crippen molar-refractivity contribution < 1.29 is 9.13 Å². The molecule has 0 aliphatic rings. The molecule has 0 atom stereocenters. The van der Waals surface area contributed by atoms with Crippen LogP contribution in [0.3, 0.4) is 0 Å². The molecule has 2 aromatic rings. The van der Waals surface area contributed by atoms with Crippen molar-refractivity contribution in [1.82, 2.24) is 4.98 Å². The quantitative estimate of drug-likeness (QED) is 0.804. The van der Waals surface area contributed by atoms with Crippen LogP contribution < -0.4 is 4.74 Å². The average Bonchev–Trinajstić information content (AvgIpc) is 2.33. The van der Waals surface area contributed by atoms with Crippen molar-refractivity contribution in [2.75, 3.05) is 0 Å². The Kier molecular flexibility index (Phi) is 3.97. The number of pyridine rings is 1. The van der Waals surface area contributed by atoms with Crippen LogP contribution in [0.4, 0.5) is 4.39 Å². The maximum absolute atomic E-state index is 13.7. The predicted molar refractivity (Wildman–Crippen MR) is 72.5 cm³/mol. The Morgan fingerprint density at radius 3 is 2.67 bits per heavy atom. The summed E-state index contributed by atoms with van der Waals surface area (Å²) in [7, 11) is 0. The van der Waals surface area contributed by atoms with Crippen LogP contribution in [0.2, 0.25) is 0 Å². The van der Waals surface area contributed by atoms with Crippen LogP contribution in [0.5, 0.6) is 11.6 Å². The molecule has 0 fully saturated rings. The van der Waals surface area contributed by atoms with E-state index in [1.54, 1.807) is 0 Å². The fourth-order valence-corrected chi connectivity index (χ4v) is 1.94. The molecule has 0 saturated heterocycles. The molecule has 0 amide bonds. The van der Waals surface area contributed by atoms with Crippen molar-refractivity contribution in [3.63, 3.8) is 0 Å². The lowest BCUT2D eigenvalue weighted by atomic mass is 10.0. The molecule has 94 valence electrons. The average molecular weight is 310 g/mol. The van der Waals surface area contributed by atoms with Crippen LogP contribution in [0, 0.1) is 5.82 Å². The lowest BCUT2D eigenvalue weighted by molar-refractivity contribution is 0.416. The molecule has 2 rings (SSSR count). The summed E-state index contributed by atoms with van der Waals surface area (Å²) < 4.78 is 19.8. The van der Waals surface area contributed by atoms with Crippen LogP contribution in [-0.4, -0.2) is 4.98 Å². The number of aromatic nitrogens is 1. The summed E-state index contributed by atoms with van der Waals surface area (Å²) in [6.45, 7) is 4.13. The summed E-state index contributed by atoms with van der Waals surface area (Å²) >= 11 is 3.16. The van der Waals surface area contributed by atoms with Crippen molar-refractivity contribution in [3.05, 3.63) is 52.4 Å². The molecule has 0 N–H and O–H groups in total. The monoisotopic (exact) mass is 309 g/mol. The first kappa shape index (κ1) is 13.0. The van der Waals surface area contributed by atoms with Crippen molar-refractivity contribution in [1.29, 1.82) is 0 Å². The number of ether oxygens (including phenoxy) is 1. The second-order valence-electron chi connectivity index (χ2n) is 4.24. The first-order valence-corrected chi connectivity index (χ1v) is 6.45. The zero-order valence-electron chi connectivity index (χ0n) is 10.2. The number of halogens is 2. The summed E-state index contributed by atoms with van der Waals surface area (Å²) in [4.78, 5) is 3.93. The fraction of sp³-hybridized carbons (Fsp3) is 0.214. The van der Waals surface area contributed by atoms with E-state index in [1.165, 1.54) is 12.3 Å². The normalized spacial score (nSPS) is 10.7. The molecule has 0 aliphatic heterocycles. The third kappa shape index (κ3) is 2.88. The Labute approximate surface area is 114 Å². The highest BCUT2D eigenvalue weighted by molar-refractivity contribution is 9.10. The van der Waals surface area contributed by atoms with Crippen LogP contribution in [-0.2, 0) is 0 Å². The van der Waals surface area contributed by atoms with Crippen LogP contribution >= 0.6 is 15.9 Å². The minimum absolute atomic E-state index is 0.00806. The summed E-state index contributed by atoms with van der Waals surface area (Å²) in [5.74, 6) is 0.454. The van der Waals surface area contributed by atoms with E-state index >= 15 is 0 Å². The van der Waals surface area contributed by atoms with Gasteiger partial charge in [-0.1, -0.05) is 32.0 Å². The smallest absolute Gasteiger partial charge is 0.255 e. The highest BCUT2D eigenvalue weighted by atomic mass is 79.9. The number of hydrogen-bond donors (Lipinski definition) is 0. The van der Waals surface area contributed by atoms with Gasteiger partial charge in [0.15, 0.2) is 5.82 Å². The third-order valence-corrected chi connectivity index (χ3v) is 2.96. The number of benzene rings is 1. The van der Waals surface area contributed by atoms with Gasteiger partial charge < -0.3 is 4.74 Å². The summed E-state index contributed by atoms with van der Waals surface area (Å²) in [5.41, 5.74) is 1.03. The largest absolute Gasteiger partial charge is 0.436 e. The van der Waals surface area contributed by atoms with E-state index in [1.807, 2.05) is 24.3 Å². The Hall–Kier alpha value is -1.42. The van der Waals surface area contributed by atoms with Crippen molar-refractivity contribution in [3.8, 4) is 11.6 Å². The molecule has 0 radical (unpaired) electrons. The first-order chi connectivity index (χ1) is 8.58. The lowest BCUT2D eigenvalue weighted by Crippen LogP contribution is -1.96. The highest BCUT2D eigenvalue weighted by Gasteiger charge is 2.11. The Bertz CT molecular complexity index is 557. The van der Waals surface area contributed by atoms with Crippen molar-refractivity contribution >= 4 is 15.9 Å². The standard InChI is InChI=1S/C14H13BrFNO/c1-9(2)11-5-3-4-6-13(11)18-14-12(16)7-10(15)8-17-14/h3-9H,1-2H3. The van der Waals surface area contributed by atoms with Gasteiger partial charge in [0.25, 0.3) is 5.88 Å². The maximum Gasteiger partial charge on any atom is 0.255 e. The molecule has 2 nitrogen and oxygen atoms in total. The van der Waals surface area contributed by atoms with E-state index in [2.05, 4.69) is 34.8 Å². The number of para-hydroxylation sites is 1. The van der Waals surface area contributed by atoms with Gasteiger partial charge in [0.1, 0.15) is 5.75 Å². The topological polar surface area (TPSA) is 22.1 Å². The van der Waals surface area contributed by atoms with E-state index in [9.17, 15) is 4.39 Å². The zero-order chi connectivity index (χ0) is 13.1. The molecule has 0 unspecified atom stereocenters. The van der Waals surface area contributed by atoms with Gasteiger partial charge in [0, 0.05) is 10.7 Å². The number of nitrogens with zero attached hydrogens (tertiary/aromatic N) is 1. The molecular weight excluding hydrogens is 297 g/mol. The SMILES string of the molecule is CC(C)c1ccccc1Oc1ncc(Br)cc1F. The minimum Gasteiger partial charge on any atom is -0.436 e. The van der Waals surface area contributed by atoms with Crippen molar-refractivity contribution in [2.24, 2.45) is 0 Å². The first-order valence-electron chi connectivity index (χ1n) is 5.65. The Balaban J connectivity index is 2.34. The molecular formula is C14H13BrFNO. The molecule has 0 bridgehead atoms. The van der Waals surface area contributed by atoms with Gasteiger partial charge in [-0.25, -0.2) is 9.37 Å². The van der Waals surface area contributed by atoms with E-state index in [-0.39, 0.29) is 5.88 Å². The van der Waals surface area contributed by atoms with Gasteiger partial charge in [-0.2, -0.15) is 0 Å². The molecule has 18 heavy (non-hydrogen) atoms. The van der Waals surface area contributed by atoms with Gasteiger partial charge in [0.05, 0.1) is 0 Å². The van der Waals surface area contributed by atoms with E-state index < -0.39 is 5.82 Å². The minimum atomic E-state index is -0.483. The highest BCUT2D eigenvalue weighted by Crippen LogP contribution is 2.30. The number of hydrogen-bond acceptors (Lipinski definition) is 2. The predicted octanol–water partition coefficient (Wildman–Crippen LogP) is 4.90. The summed E-state index contributed by atoms with van der Waals surface area (Å²) in [6, 6.07) is 8.92. The Morgan fingerprint density at radius 1 is 1.28 bits per heavy atom. The van der Waals surface area contributed by atoms with Crippen LogP contribution in [0.25, 0.3) is 0 Å². The molecule has 1 aromatic heterocycles. The fourth-order valence-electron chi connectivity index (χ4n) is 1.63. The molecule has 4 heteroatoms. The van der Waals surface area contributed by atoms with Gasteiger partial charge >= 0.3 is 0 Å². The van der Waals surface area contributed by atoms with Gasteiger partial charge in [0.2, 0.25) is 0 Å². The second kappa shape index (κ2) is 5.48. The summed E-state index contributed by atoms with van der Waals surface area (Å²) in [5, 5.41) is 0. The van der Waals surface area contributed by atoms with Gasteiger partial charge in [-0.3, -0.25) is 0 Å². The molecule has 0 aliphatic carbocycles. The zero-order valence-corrected chi connectivity index (χ0v) is 11.7. The molecule has 1 aromatic carbocycles. The van der Waals surface area contributed by atoms with Gasteiger partial charge in [-0.15, -0.1) is 0 Å². The van der Waals surface area contributed by atoms with E-state index in [0.29, 0.717) is 16.1 Å².